The number of carbonyl (C=O) groups is 3. The lowest BCUT2D eigenvalue weighted by Crippen LogP contribution is -2.50. The molecule has 3 amide bonds. The normalized spacial score (nSPS) is 11.7. The molecule has 1 aromatic carbocycles. The standard InChI is InChI=1S/C19H23N3O3S/c1-13(2)16(22-18(24)15-9-6-12-26-15)19(25)21-11-10-20-17(23)14-7-4-3-5-8-14/h3-9,12-13,16H,10-11H2,1-2H3,(H,20,23)(H,21,25)(H,22,24). The summed E-state index contributed by atoms with van der Waals surface area (Å²) < 4.78 is 0. The summed E-state index contributed by atoms with van der Waals surface area (Å²) in [4.78, 5) is 37.0. The number of rotatable bonds is 8. The minimum atomic E-state index is -0.630. The van der Waals surface area contributed by atoms with Crippen molar-refractivity contribution in [3.05, 3.63) is 58.3 Å². The van der Waals surface area contributed by atoms with Crippen molar-refractivity contribution in [1.82, 2.24) is 16.0 Å². The van der Waals surface area contributed by atoms with E-state index in [1.165, 1.54) is 11.3 Å². The Morgan fingerprint density at radius 3 is 2.23 bits per heavy atom. The van der Waals surface area contributed by atoms with Crippen LogP contribution in [0, 0.1) is 5.92 Å². The Hall–Kier alpha value is -2.67. The van der Waals surface area contributed by atoms with Gasteiger partial charge in [0, 0.05) is 18.7 Å². The van der Waals surface area contributed by atoms with Gasteiger partial charge in [0.1, 0.15) is 6.04 Å². The largest absolute Gasteiger partial charge is 0.353 e. The van der Waals surface area contributed by atoms with E-state index < -0.39 is 6.04 Å². The molecule has 1 atom stereocenters. The van der Waals surface area contributed by atoms with Crippen molar-refractivity contribution < 1.29 is 14.4 Å². The van der Waals surface area contributed by atoms with Crippen LogP contribution in [0.25, 0.3) is 0 Å². The summed E-state index contributed by atoms with van der Waals surface area (Å²) in [6.45, 7) is 4.34. The second-order valence-corrected chi connectivity index (χ2v) is 7.03. The predicted octanol–water partition coefficient (Wildman–Crippen LogP) is 2.05. The first-order valence-electron chi connectivity index (χ1n) is 8.44. The summed E-state index contributed by atoms with van der Waals surface area (Å²) in [7, 11) is 0. The van der Waals surface area contributed by atoms with Crippen molar-refractivity contribution in [2.24, 2.45) is 5.92 Å². The molecule has 138 valence electrons. The van der Waals surface area contributed by atoms with Gasteiger partial charge in [-0.3, -0.25) is 14.4 Å². The van der Waals surface area contributed by atoms with Crippen LogP contribution in [0.1, 0.15) is 33.9 Å². The van der Waals surface area contributed by atoms with E-state index in [-0.39, 0.29) is 30.2 Å². The van der Waals surface area contributed by atoms with Crippen LogP contribution in [0.2, 0.25) is 0 Å². The van der Waals surface area contributed by atoms with Crippen LogP contribution in [0.4, 0.5) is 0 Å². The van der Waals surface area contributed by atoms with Crippen LogP contribution in [-0.2, 0) is 4.79 Å². The number of benzene rings is 1. The van der Waals surface area contributed by atoms with Crippen molar-refractivity contribution in [2.75, 3.05) is 13.1 Å². The van der Waals surface area contributed by atoms with Crippen molar-refractivity contribution in [2.45, 2.75) is 19.9 Å². The average Bonchev–Trinajstić information content (AvgIpc) is 3.18. The summed E-state index contributed by atoms with van der Waals surface area (Å²) in [6.07, 6.45) is 0. The minimum Gasteiger partial charge on any atom is -0.353 e. The maximum Gasteiger partial charge on any atom is 0.262 e. The third-order valence-corrected chi connectivity index (χ3v) is 4.60. The molecule has 2 aromatic rings. The molecule has 0 aliphatic rings. The van der Waals surface area contributed by atoms with Crippen LogP contribution in [-0.4, -0.2) is 36.9 Å². The highest BCUT2D eigenvalue weighted by atomic mass is 32.1. The van der Waals surface area contributed by atoms with E-state index in [2.05, 4.69) is 16.0 Å². The van der Waals surface area contributed by atoms with E-state index in [0.29, 0.717) is 17.0 Å². The molecule has 0 aliphatic heterocycles. The lowest BCUT2D eigenvalue weighted by molar-refractivity contribution is -0.123. The second-order valence-electron chi connectivity index (χ2n) is 6.09. The third kappa shape index (κ3) is 5.70. The van der Waals surface area contributed by atoms with Gasteiger partial charge in [-0.05, 0) is 29.5 Å². The molecule has 0 bridgehead atoms. The number of carbonyl (C=O) groups excluding carboxylic acids is 3. The van der Waals surface area contributed by atoms with Gasteiger partial charge in [0.05, 0.1) is 4.88 Å². The van der Waals surface area contributed by atoms with Crippen molar-refractivity contribution >= 4 is 29.1 Å². The van der Waals surface area contributed by atoms with E-state index in [0.717, 1.165) is 0 Å². The van der Waals surface area contributed by atoms with Gasteiger partial charge >= 0.3 is 0 Å². The highest BCUT2D eigenvalue weighted by Gasteiger charge is 2.24. The topological polar surface area (TPSA) is 87.3 Å². The first-order chi connectivity index (χ1) is 12.5. The molecule has 0 aliphatic carbocycles. The molecule has 26 heavy (non-hydrogen) atoms. The zero-order valence-corrected chi connectivity index (χ0v) is 15.6. The maximum atomic E-state index is 12.4. The fourth-order valence-electron chi connectivity index (χ4n) is 2.32. The molecule has 1 aromatic heterocycles. The molecule has 1 heterocycles. The van der Waals surface area contributed by atoms with Gasteiger partial charge in [0.25, 0.3) is 11.8 Å². The molecule has 2 rings (SSSR count). The van der Waals surface area contributed by atoms with E-state index in [9.17, 15) is 14.4 Å². The molecule has 6 nitrogen and oxygen atoms in total. The average molecular weight is 373 g/mol. The monoisotopic (exact) mass is 373 g/mol. The van der Waals surface area contributed by atoms with Crippen LogP contribution in [0.15, 0.2) is 47.8 Å². The quantitative estimate of drug-likeness (QED) is 0.619. The highest BCUT2D eigenvalue weighted by Crippen LogP contribution is 2.10. The Morgan fingerprint density at radius 1 is 0.923 bits per heavy atom. The second kappa shape index (κ2) is 9.72. The summed E-state index contributed by atoms with van der Waals surface area (Å²) in [5, 5.41) is 10.1. The van der Waals surface area contributed by atoms with E-state index in [4.69, 9.17) is 0 Å². The van der Waals surface area contributed by atoms with Crippen LogP contribution in [0.3, 0.4) is 0 Å². The van der Waals surface area contributed by atoms with Gasteiger partial charge in [-0.1, -0.05) is 38.1 Å². The van der Waals surface area contributed by atoms with Crippen molar-refractivity contribution in [3.63, 3.8) is 0 Å². The van der Waals surface area contributed by atoms with Gasteiger partial charge < -0.3 is 16.0 Å². The van der Waals surface area contributed by atoms with Gasteiger partial charge in [0.2, 0.25) is 5.91 Å². The Bertz CT molecular complexity index is 730. The van der Waals surface area contributed by atoms with Crippen LogP contribution in [0.5, 0.6) is 0 Å². The van der Waals surface area contributed by atoms with Crippen molar-refractivity contribution in [3.8, 4) is 0 Å². The smallest absolute Gasteiger partial charge is 0.262 e. The van der Waals surface area contributed by atoms with E-state index in [1.807, 2.05) is 25.3 Å². The fraction of sp³-hybridized carbons (Fsp3) is 0.316. The summed E-state index contributed by atoms with van der Waals surface area (Å²) in [6, 6.07) is 11.8. The zero-order valence-electron chi connectivity index (χ0n) is 14.8. The first-order valence-corrected chi connectivity index (χ1v) is 9.32. The fourth-order valence-corrected chi connectivity index (χ4v) is 2.95. The molecule has 0 saturated heterocycles. The van der Waals surface area contributed by atoms with Crippen LogP contribution >= 0.6 is 11.3 Å². The number of thiophene rings is 1. The Labute approximate surface area is 157 Å². The number of hydrogen-bond acceptors (Lipinski definition) is 4. The minimum absolute atomic E-state index is 0.0576. The third-order valence-electron chi connectivity index (χ3n) is 3.73. The summed E-state index contributed by atoms with van der Waals surface area (Å²) in [5.41, 5.74) is 0.571. The highest BCUT2D eigenvalue weighted by molar-refractivity contribution is 7.12. The maximum absolute atomic E-state index is 12.4. The molecular weight excluding hydrogens is 350 g/mol. The van der Waals surface area contributed by atoms with E-state index >= 15 is 0 Å². The first kappa shape index (κ1) is 19.7. The molecule has 0 spiro atoms. The Kier molecular flexibility index (Phi) is 7.35. The van der Waals surface area contributed by atoms with Gasteiger partial charge in [-0.2, -0.15) is 0 Å². The van der Waals surface area contributed by atoms with Gasteiger partial charge in [0.15, 0.2) is 0 Å². The number of amides is 3. The lowest BCUT2D eigenvalue weighted by atomic mass is 10.0. The lowest BCUT2D eigenvalue weighted by Gasteiger charge is -2.21. The predicted molar refractivity (Wildman–Crippen MR) is 102 cm³/mol. The number of nitrogens with one attached hydrogen (secondary N) is 3. The molecule has 1 unspecified atom stereocenters. The SMILES string of the molecule is CC(C)C(NC(=O)c1cccs1)C(=O)NCCNC(=O)c1ccccc1. The van der Waals surface area contributed by atoms with Crippen molar-refractivity contribution in [1.29, 1.82) is 0 Å². The zero-order chi connectivity index (χ0) is 18.9. The molecule has 0 fully saturated rings. The molecule has 7 heteroatoms. The van der Waals surface area contributed by atoms with Gasteiger partial charge in [-0.15, -0.1) is 11.3 Å². The Balaban J connectivity index is 1.78. The van der Waals surface area contributed by atoms with E-state index in [1.54, 1.807) is 36.4 Å². The van der Waals surface area contributed by atoms with Gasteiger partial charge in [-0.25, -0.2) is 0 Å². The number of hydrogen-bond donors (Lipinski definition) is 3. The Morgan fingerprint density at radius 2 is 1.62 bits per heavy atom. The molecule has 0 saturated carbocycles. The molecule has 0 radical (unpaired) electrons. The summed E-state index contributed by atoms with van der Waals surface area (Å²) in [5.74, 6) is -0.769. The molecular formula is C19H23N3O3S. The van der Waals surface area contributed by atoms with Crippen LogP contribution < -0.4 is 16.0 Å². The molecule has 3 N–H and O–H groups in total. The summed E-state index contributed by atoms with van der Waals surface area (Å²) >= 11 is 1.33.